The fraction of sp³-hybridized carbons (Fsp3) is 0.333. The second kappa shape index (κ2) is 8.65. The van der Waals surface area contributed by atoms with Crippen LogP contribution in [0.25, 0.3) is 5.69 Å². The lowest BCUT2D eigenvalue weighted by Crippen LogP contribution is -2.18. The average molecular weight is 409 g/mol. The number of carbonyl (C=O) groups excluding carboxylic acids is 1. The third-order valence-electron chi connectivity index (χ3n) is 5.13. The van der Waals surface area contributed by atoms with Crippen molar-refractivity contribution in [2.75, 3.05) is 29.1 Å². The SMILES string of the molecule is Cc1ccc(-n2nnnc2SCC(=O)Nc2ccc(N3CCCC3)cc2)cc1C. The maximum Gasteiger partial charge on any atom is 0.234 e. The molecular formula is C21H24N6OS. The smallest absolute Gasteiger partial charge is 0.234 e. The third-order valence-corrected chi connectivity index (χ3v) is 6.05. The van der Waals surface area contributed by atoms with E-state index in [0.29, 0.717) is 5.16 Å². The number of amides is 1. The van der Waals surface area contributed by atoms with Crippen LogP contribution in [0.5, 0.6) is 0 Å². The van der Waals surface area contributed by atoms with Gasteiger partial charge in [0.15, 0.2) is 0 Å². The monoisotopic (exact) mass is 408 g/mol. The van der Waals surface area contributed by atoms with Crippen LogP contribution in [0.2, 0.25) is 0 Å². The highest BCUT2D eigenvalue weighted by molar-refractivity contribution is 7.99. The van der Waals surface area contributed by atoms with Gasteiger partial charge in [-0.3, -0.25) is 4.79 Å². The first-order valence-electron chi connectivity index (χ1n) is 9.74. The second-order valence-electron chi connectivity index (χ2n) is 7.22. The molecule has 8 heteroatoms. The van der Waals surface area contributed by atoms with E-state index in [1.54, 1.807) is 4.68 Å². The van der Waals surface area contributed by atoms with E-state index < -0.39 is 0 Å². The molecule has 1 amide bonds. The number of nitrogens with zero attached hydrogens (tertiary/aromatic N) is 5. The van der Waals surface area contributed by atoms with E-state index in [1.165, 1.54) is 41.4 Å². The molecule has 4 rings (SSSR count). The number of rotatable bonds is 6. The molecule has 2 aromatic carbocycles. The Hall–Kier alpha value is -2.87. The van der Waals surface area contributed by atoms with E-state index in [4.69, 9.17) is 0 Å². The third kappa shape index (κ3) is 4.59. The van der Waals surface area contributed by atoms with Crippen molar-refractivity contribution in [3.05, 3.63) is 53.6 Å². The number of anilines is 2. The number of aryl methyl sites for hydroxylation is 2. The van der Waals surface area contributed by atoms with Gasteiger partial charge in [-0.05, 0) is 84.6 Å². The minimum Gasteiger partial charge on any atom is -0.372 e. The van der Waals surface area contributed by atoms with E-state index in [1.807, 2.05) is 30.3 Å². The molecule has 0 spiro atoms. The van der Waals surface area contributed by atoms with Gasteiger partial charge in [-0.25, -0.2) is 0 Å². The number of nitrogens with one attached hydrogen (secondary N) is 1. The molecule has 1 fully saturated rings. The molecule has 1 saturated heterocycles. The first-order chi connectivity index (χ1) is 14.1. The summed E-state index contributed by atoms with van der Waals surface area (Å²) in [4.78, 5) is 14.7. The maximum atomic E-state index is 12.4. The molecule has 0 radical (unpaired) electrons. The van der Waals surface area contributed by atoms with Crippen LogP contribution in [-0.2, 0) is 4.79 Å². The quantitative estimate of drug-likeness (QED) is 0.628. The Morgan fingerprint density at radius 2 is 1.76 bits per heavy atom. The van der Waals surface area contributed by atoms with Gasteiger partial charge in [0.2, 0.25) is 11.1 Å². The molecule has 0 atom stereocenters. The zero-order chi connectivity index (χ0) is 20.2. The average Bonchev–Trinajstić information content (AvgIpc) is 3.41. The number of aromatic nitrogens is 4. The van der Waals surface area contributed by atoms with Gasteiger partial charge in [-0.15, -0.1) is 5.10 Å². The molecule has 7 nitrogen and oxygen atoms in total. The van der Waals surface area contributed by atoms with Crippen LogP contribution in [0, 0.1) is 13.8 Å². The van der Waals surface area contributed by atoms with Crippen molar-refractivity contribution < 1.29 is 4.79 Å². The van der Waals surface area contributed by atoms with Crippen molar-refractivity contribution >= 4 is 29.0 Å². The summed E-state index contributed by atoms with van der Waals surface area (Å²) in [7, 11) is 0. The Bertz CT molecular complexity index is 995. The van der Waals surface area contributed by atoms with Crippen molar-refractivity contribution in [1.82, 2.24) is 20.2 Å². The minimum atomic E-state index is -0.0847. The van der Waals surface area contributed by atoms with Crippen LogP contribution < -0.4 is 10.2 Å². The van der Waals surface area contributed by atoms with E-state index >= 15 is 0 Å². The van der Waals surface area contributed by atoms with Crippen LogP contribution in [0.1, 0.15) is 24.0 Å². The van der Waals surface area contributed by atoms with Crippen LogP contribution >= 0.6 is 11.8 Å². The highest BCUT2D eigenvalue weighted by Gasteiger charge is 2.14. The predicted molar refractivity (Wildman–Crippen MR) is 116 cm³/mol. The molecule has 0 saturated carbocycles. The molecule has 1 aliphatic heterocycles. The summed E-state index contributed by atoms with van der Waals surface area (Å²) >= 11 is 1.32. The van der Waals surface area contributed by atoms with Gasteiger partial charge in [-0.2, -0.15) is 4.68 Å². The first-order valence-corrected chi connectivity index (χ1v) is 10.7. The Morgan fingerprint density at radius 1 is 1.03 bits per heavy atom. The van der Waals surface area contributed by atoms with Crippen molar-refractivity contribution in [1.29, 1.82) is 0 Å². The summed E-state index contributed by atoms with van der Waals surface area (Å²) in [5.74, 6) is 0.151. The summed E-state index contributed by atoms with van der Waals surface area (Å²) in [5, 5.41) is 15.4. The largest absolute Gasteiger partial charge is 0.372 e. The second-order valence-corrected chi connectivity index (χ2v) is 8.16. The van der Waals surface area contributed by atoms with Gasteiger partial charge >= 0.3 is 0 Å². The number of carbonyl (C=O) groups is 1. The van der Waals surface area contributed by atoms with Gasteiger partial charge in [0, 0.05) is 24.5 Å². The molecule has 1 N–H and O–H groups in total. The number of thioether (sulfide) groups is 1. The first kappa shape index (κ1) is 19.4. The topological polar surface area (TPSA) is 75.9 Å². The van der Waals surface area contributed by atoms with Crippen molar-refractivity contribution in [3.8, 4) is 5.69 Å². The molecule has 3 aromatic rings. The standard InChI is InChI=1S/C21H24N6OS/c1-15-5-8-19(13-16(15)2)27-21(23-24-25-27)29-14-20(28)22-17-6-9-18(10-7-17)26-11-3-4-12-26/h5-10,13H,3-4,11-12,14H2,1-2H3,(H,22,28). The van der Waals surface area contributed by atoms with Gasteiger partial charge in [0.1, 0.15) is 0 Å². The van der Waals surface area contributed by atoms with E-state index in [-0.39, 0.29) is 11.7 Å². The van der Waals surface area contributed by atoms with E-state index in [2.05, 4.69) is 51.7 Å². The Kier molecular flexibility index (Phi) is 5.80. The number of hydrogen-bond acceptors (Lipinski definition) is 6. The van der Waals surface area contributed by atoms with Crippen LogP contribution in [0.4, 0.5) is 11.4 Å². The number of hydrogen-bond donors (Lipinski definition) is 1. The van der Waals surface area contributed by atoms with Gasteiger partial charge in [0.25, 0.3) is 0 Å². The van der Waals surface area contributed by atoms with E-state index in [0.717, 1.165) is 24.5 Å². The number of benzene rings is 2. The fourth-order valence-electron chi connectivity index (χ4n) is 3.35. The molecule has 0 unspecified atom stereocenters. The summed E-state index contributed by atoms with van der Waals surface area (Å²) in [5.41, 5.74) is 5.28. The molecule has 2 heterocycles. The van der Waals surface area contributed by atoms with Crippen molar-refractivity contribution in [2.24, 2.45) is 0 Å². The molecule has 29 heavy (non-hydrogen) atoms. The number of tetrazole rings is 1. The lowest BCUT2D eigenvalue weighted by Gasteiger charge is -2.17. The zero-order valence-electron chi connectivity index (χ0n) is 16.6. The molecule has 0 bridgehead atoms. The zero-order valence-corrected chi connectivity index (χ0v) is 17.4. The van der Waals surface area contributed by atoms with Crippen LogP contribution in [0.15, 0.2) is 47.6 Å². The molecule has 0 aliphatic carbocycles. The molecular weight excluding hydrogens is 384 g/mol. The lowest BCUT2D eigenvalue weighted by atomic mass is 10.1. The van der Waals surface area contributed by atoms with E-state index in [9.17, 15) is 4.79 Å². The Balaban J connectivity index is 1.35. The van der Waals surface area contributed by atoms with Crippen molar-refractivity contribution in [2.45, 2.75) is 31.8 Å². The molecule has 1 aromatic heterocycles. The highest BCUT2D eigenvalue weighted by Crippen LogP contribution is 2.23. The predicted octanol–water partition coefficient (Wildman–Crippen LogP) is 3.61. The Labute approximate surface area is 174 Å². The van der Waals surface area contributed by atoms with Crippen LogP contribution in [-0.4, -0.2) is 45.0 Å². The highest BCUT2D eigenvalue weighted by atomic mass is 32.2. The van der Waals surface area contributed by atoms with Gasteiger partial charge < -0.3 is 10.2 Å². The summed E-state index contributed by atoms with van der Waals surface area (Å²) in [6.07, 6.45) is 2.49. The minimum absolute atomic E-state index is 0.0847. The van der Waals surface area contributed by atoms with Gasteiger partial charge in [0.05, 0.1) is 11.4 Å². The molecule has 150 valence electrons. The summed E-state index contributed by atoms with van der Waals surface area (Å²) in [6, 6.07) is 14.1. The fourth-order valence-corrected chi connectivity index (χ4v) is 4.04. The van der Waals surface area contributed by atoms with Crippen molar-refractivity contribution in [3.63, 3.8) is 0 Å². The lowest BCUT2D eigenvalue weighted by molar-refractivity contribution is -0.113. The summed E-state index contributed by atoms with van der Waals surface area (Å²) in [6.45, 7) is 6.34. The molecule has 1 aliphatic rings. The summed E-state index contributed by atoms with van der Waals surface area (Å²) < 4.78 is 1.66. The van der Waals surface area contributed by atoms with Crippen LogP contribution in [0.3, 0.4) is 0 Å². The normalized spacial score (nSPS) is 13.7. The maximum absolute atomic E-state index is 12.4. The Morgan fingerprint density at radius 3 is 2.48 bits per heavy atom. The van der Waals surface area contributed by atoms with Gasteiger partial charge in [-0.1, -0.05) is 17.8 Å².